The van der Waals surface area contributed by atoms with E-state index in [0.717, 1.165) is 29.3 Å². The number of azo groups is 1. The zero-order valence-electron chi connectivity index (χ0n) is 17.1. The molecule has 0 saturated heterocycles. The Morgan fingerprint density at radius 1 is 0.871 bits per heavy atom. The van der Waals surface area contributed by atoms with Crippen LogP contribution in [-0.2, 0) is 20.2 Å². The third-order valence-corrected chi connectivity index (χ3v) is 5.87. The van der Waals surface area contributed by atoms with Crippen molar-refractivity contribution in [1.29, 1.82) is 0 Å². The summed E-state index contributed by atoms with van der Waals surface area (Å²) in [5, 5.41) is 18.3. The van der Waals surface area contributed by atoms with Crippen molar-refractivity contribution in [3.8, 4) is 5.75 Å². The van der Waals surface area contributed by atoms with Gasteiger partial charge in [-0.2, -0.15) is 5.11 Å². The number of fused-ring (bicyclic) bond motifs is 1. The SMILES string of the molecule is Cc1ccc(N=Nc2c(O)c(S(=O)(=O)[O-])cc3cc(S(=O)(=O)[O-])ccc23)c(C)c1.[Na+].[Na]. The average Bonchev–Trinajstić information content (AvgIpc) is 2.59. The molecule has 0 aromatic heterocycles. The van der Waals surface area contributed by atoms with Crippen LogP contribution in [0.25, 0.3) is 10.8 Å². The Hall–Kier alpha value is -0.860. The Balaban J connectivity index is 0.00000240. The summed E-state index contributed by atoms with van der Waals surface area (Å²) >= 11 is 0. The third-order valence-electron chi connectivity index (χ3n) is 4.19. The number of phenols is 1. The van der Waals surface area contributed by atoms with E-state index in [9.17, 15) is 31.0 Å². The van der Waals surface area contributed by atoms with E-state index in [1.807, 2.05) is 13.0 Å². The third kappa shape index (κ3) is 6.35. The van der Waals surface area contributed by atoms with Crippen LogP contribution in [0.5, 0.6) is 5.75 Å². The number of hydrogen-bond donors (Lipinski definition) is 1. The van der Waals surface area contributed by atoms with Crippen molar-refractivity contribution in [2.24, 2.45) is 10.2 Å². The van der Waals surface area contributed by atoms with Gasteiger partial charge in [0.2, 0.25) is 0 Å². The van der Waals surface area contributed by atoms with Gasteiger partial charge in [-0.15, -0.1) is 5.11 Å². The molecule has 3 rings (SSSR count). The zero-order chi connectivity index (χ0) is 21.6. The molecule has 0 saturated carbocycles. The molecule has 0 bridgehead atoms. The number of aryl methyl sites for hydroxylation is 2. The molecule has 3 aromatic carbocycles. The van der Waals surface area contributed by atoms with Crippen LogP contribution >= 0.6 is 0 Å². The van der Waals surface area contributed by atoms with Crippen LogP contribution in [0.3, 0.4) is 0 Å². The van der Waals surface area contributed by atoms with Gasteiger partial charge in [-0.1, -0.05) is 23.8 Å². The van der Waals surface area contributed by atoms with E-state index in [-0.39, 0.29) is 75.6 Å². The summed E-state index contributed by atoms with van der Waals surface area (Å²) < 4.78 is 68.4. The van der Waals surface area contributed by atoms with Crippen LogP contribution in [0.4, 0.5) is 11.4 Å². The Morgan fingerprint density at radius 2 is 1.52 bits per heavy atom. The molecule has 0 aliphatic heterocycles. The van der Waals surface area contributed by atoms with Crippen LogP contribution in [0.15, 0.2) is 62.5 Å². The molecule has 9 nitrogen and oxygen atoms in total. The minimum absolute atomic E-state index is 0. The second-order valence-corrected chi connectivity index (χ2v) is 9.08. The first-order chi connectivity index (χ1) is 13.4. The summed E-state index contributed by atoms with van der Waals surface area (Å²) in [5.74, 6) is -0.918. The van der Waals surface area contributed by atoms with E-state index in [1.54, 1.807) is 19.1 Å². The molecule has 0 heterocycles. The number of rotatable bonds is 4. The second-order valence-electron chi connectivity index (χ2n) is 6.35. The molecule has 153 valence electrons. The first kappa shape index (κ1) is 28.2. The molecule has 0 unspecified atom stereocenters. The van der Waals surface area contributed by atoms with E-state index in [1.165, 1.54) is 6.07 Å². The van der Waals surface area contributed by atoms with Crippen LogP contribution in [-0.4, -0.2) is 60.6 Å². The van der Waals surface area contributed by atoms with Crippen molar-refractivity contribution >= 4 is 71.9 Å². The topological polar surface area (TPSA) is 159 Å². The fourth-order valence-electron chi connectivity index (χ4n) is 2.80. The number of nitrogens with zero attached hydrogens (tertiary/aromatic N) is 2. The molecule has 0 aliphatic carbocycles. The molecule has 0 atom stereocenters. The minimum Gasteiger partial charge on any atom is -0.744 e. The van der Waals surface area contributed by atoms with Crippen molar-refractivity contribution in [3.63, 3.8) is 0 Å². The average molecular weight is 480 g/mol. The largest absolute Gasteiger partial charge is 1.00 e. The van der Waals surface area contributed by atoms with Gasteiger partial charge in [0.05, 0.1) is 15.5 Å². The van der Waals surface area contributed by atoms with Gasteiger partial charge in [-0.3, -0.25) is 0 Å². The summed E-state index contributed by atoms with van der Waals surface area (Å²) in [6.07, 6.45) is 0. The van der Waals surface area contributed by atoms with Gasteiger partial charge in [-0.25, -0.2) is 16.8 Å². The Morgan fingerprint density at radius 3 is 2.06 bits per heavy atom. The van der Waals surface area contributed by atoms with Gasteiger partial charge in [0, 0.05) is 34.9 Å². The summed E-state index contributed by atoms with van der Waals surface area (Å²) in [6, 6.07) is 9.16. The summed E-state index contributed by atoms with van der Waals surface area (Å²) in [5.41, 5.74) is 1.86. The van der Waals surface area contributed by atoms with Crippen molar-refractivity contribution in [3.05, 3.63) is 53.6 Å². The quantitative estimate of drug-likeness (QED) is 0.313. The summed E-state index contributed by atoms with van der Waals surface area (Å²) in [4.78, 5) is -1.62. The molecule has 1 N–H and O–H groups in total. The monoisotopic (exact) mass is 480 g/mol. The van der Waals surface area contributed by atoms with Crippen molar-refractivity contribution in [2.45, 2.75) is 23.6 Å². The van der Waals surface area contributed by atoms with Gasteiger partial charge < -0.3 is 14.2 Å². The number of hydrogen-bond acceptors (Lipinski definition) is 9. The smallest absolute Gasteiger partial charge is 0.744 e. The summed E-state index contributed by atoms with van der Waals surface area (Å²) in [7, 11) is -9.95. The molecule has 13 heteroatoms. The van der Waals surface area contributed by atoms with Gasteiger partial charge >= 0.3 is 29.6 Å². The molecule has 0 fully saturated rings. The Kier molecular flexibility index (Phi) is 9.44. The molecule has 31 heavy (non-hydrogen) atoms. The minimum atomic E-state index is -5.12. The molecular weight excluding hydrogens is 466 g/mol. The molecule has 0 spiro atoms. The van der Waals surface area contributed by atoms with Crippen molar-refractivity contribution in [1.82, 2.24) is 0 Å². The number of benzene rings is 3. The van der Waals surface area contributed by atoms with Crippen molar-refractivity contribution < 1.29 is 60.6 Å². The maximum Gasteiger partial charge on any atom is 1.00 e. The van der Waals surface area contributed by atoms with Gasteiger partial charge in [0.15, 0.2) is 5.75 Å². The fraction of sp³-hybridized carbons (Fsp3) is 0.111. The van der Waals surface area contributed by atoms with E-state index in [0.29, 0.717) is 5.69 Å². The standard InChI is InChI=1S/C18H16N2O7S2.2Na/c1-10-3-6-15(11(2)7-10)19-20-17-14-5-4-13(28(22,23)24)8-12(14)9-16(18(17)21)29(25,26)27;;/h3-9,21H,1-2H3,(H,22,23,24)(H,25,26,27);;/q;;+1/p-2. The predicted molar refractivity (Wildman–Crippen MR) is 107 cm³/mol. The second kappa shape index (κ2) is 10.4. The summed E-state index contributed by atoms with van der Waals surface area (Å²) in [6.45, 7) is 3.67. The van der Waals surface area contributed by atoms with Gasteiger partial charge in [0.25, 0.3) is 0 Å². The van der Waals surface area contributed by atoms with Crippen LogP contribution in [0.2, 0.25) is 0 Å². The molecule has 0 aliphatic rings. The molecule has 1 radical (unpaired) electrons. The van der Waals surface area contributed by atoms with Crippen LogP contribution in [0.1, 0.15) is 11.1 Å². The molecule has 0 amide bonds. The van der Waals surface area contributed by atoms with E-state index >= 15 is 0 Å². The van der Waals surface area contributed by atoms with E-state index in [4.69, 9.17) is 0 Å². The molecule has 3 aromatic rings. The van der Waals surface area contributed by atoms with Gasteiger partial charge in [-0.05, 0) is 49.1 Å². The Labute approximate surface area is 223 Å². The number of aromatic hydroxyl groups is 1. The van der Waals surface area contributed by atoms with E-state index in [2.05, 4.69) is 10.2 Å². The van der Waals surface area contributed by atoms with Crippen LogP contribution in [0, 0.1) is 13.8 Å². The molecular formula is C18H14N2Na2O7S2-. The first-order valence-electron chi connectivity index (χ1n) is 8.08. The van der Waals surface area contributed by atoms with Gasteiger partial charge in [0.1, 0.15) is 25.9 Å². The maximum atomic E-state index is 11.5. The first-order valence-corrected chi connectivity index (χ1v) is 10.9. The Bertz CT molecular complexity index is 1390. The maximum absolute atomic E-state index is 11.5. The fourth-order valence-corrected chi connectivity index (χ4v) is 3.91. The zero-order valence-corrected chi connectivity index (χ0v) is 22.8. The predicted octanol–water partition coefficient (Wildman–Crippen LogP) is 0.00904. The normalized spacial score (nSPS) is 11.9. The number of phenolic OH excluding ortho intramolecular Hbond substituents is 1. The van der Waals surface area contributed by atoms with E-state index < -0.39 is 35.8 Å². The van der Waals surface area contributed by atoms with Crippen LogP contribution < -0.4 is 29.6 Å². The van der Waals surface area contributed by atoms with Crippen molar-refractivity contribution in [2.75, 3.05) is 0 Å².